The number of rotatable bonds is 3. The summed E-state index contributed by atoms with van der Waals surface area (Å²) in [6, 6.07) is -1.29. The van der Waals surface area contributed by atoms with E-state index in [1.165, 1.54) is 0 Å². The van der Waals surface area contributed by atoms with Gasteiger partial charge in [-0.25, -0.2) is 9.18 Å². The molecule has 0 aliphatic heterocycles. The minimum atomic E-state index is -3.84. The zero-order valence-electron chi connectivity index (χ0n) is 7.63. The van der Waals surface area contributed by atoms with E-state index in [4.69, 9.17) is 0 Å². The second-order valence-electron chi connectivity index (χ2n) is 2.59. The molecule has 0 heterocycles. The number of hydrogen-bond acceptors (Lipinski definition) is 3. The van der Waals surface area contributed by atoms with Crippen molar-refractivity contribution in [1.82, 2.24) is 0 Å². The molecule has 80 valence electrons. The topological polar surface area (TPSA) is 38.7 Å². The first-order chi connectivity index (χ1) is 7.01. The summed E-state index contributed by atoms with van der Waals surface area (Å²) in [6.07, 6.45) is 0.724. The molecule has 0 spiro atoms. The van der Waals surface area contributed by atoms with Crippen molar-refractivity contribution in [2.24, 2.45) is 4.99 Å². The lowest BCUT2D eigenvalue weighted by Crippen LogP contribution is -2.11. The van der Waals surface area contributed by atoms with Gasteiger partial charge < -0.3 is 4.74 Å². The molecule has 0 fully saturated rings. The first kappa shape index (κ1) is 11.3. The van der Waals surface area contributed by atoms with Crippen LogP contribution in [0.25, 0.3) is 0 Å². The quantitative estimate of drug-likeness (QED) is 0.442. The zero-order valence-corrected chi connectivity index (χ0v) is 7.63. The number of nitrogens with zero attached hydrogens (tertiary/aromatic N) is 1. The molecule has 0 aliphatic rings. The zero-order chi connectivity index (χ0) is 11.5. The van der Waals surface area contributed by atoms with E-state index in [2.05, 4.69) is 9.73 Å². The first-order valence-electron chi connectivity index (χ1n) is 3.82. The van der Waals surface area contributed by atoms with Crippen LogP contribution < -0.4 is 4.74 Å². The Balaban J connectivity index is 3.33. The number of aliphatic imine (C=N–C) groups is 1. The standard InChI is InChI=1S/C9H6F3NO2/c1-15-8-3-2-6(10)4-7(8)9(11,12)13-5-14/h2-4H,1H3. The maximum atomic E-state index is 13.1. The molecule has 1 aromatic rings. The molecule has 0 radical (unpaired) electrons. The van der Waals surface area contributed by atoms with Gasteiger partial charge in [-0.05, 0) is 18.2 Å². The molecule has 0 saturated heterocycles. The molecule has 0 N–H and O–H groups in total. The number of alkyl halides is 2. The average molecular weight is 217 g/mol. The van der Waals surface area contributed by atoms with Crippen LogP contribution in [0, 0.1) is 5.82 Å². The van der Waals surface area contributed by atoms with Gasteiger partial charge in [-0.3, -0.25) is 0 Å². The molecule has 0 saturated carbocycles. The van der Waals surface area contributed by atoms with E-state index in [0.29, 0.717) is 6.07 Å². The third kappa shape index (κ3) is 2.35. The average Bonchev–Trinajstić information content (AvgIpc) is 2.17. The number of methoxy groups -OCH3 is 1. The van der Waals surface area contributed by atoms with Crippen molar-refractivity contribution >= 4 is 6.08 Å². The smallest absolute Gasteiger partial charge is 0.382 e. The molecule has 3 nitrogen and oxygen atoms in total. The molecular weight excluding hydrogens is 211 g/mol. The SMILES string of the molecule is COc1ccc(F)cc1C(F)(F)N=C=O. The summed E-state index contributed by atoms with van der Waals surface area (Å²) in [7, 11) is 1.15. The van der Waals surface area contributed by atoms with Crippen molar-refractivity contribution in [3.8, 4) is 5.75 Å². The summed E-state index contributed by atoms with van der Waals surface area (Å²) in [5.74, 6) is -1.12. The van der Waals surface area contributed by atoms with Crippen LogP contribution >= 0.6 is 0 Å². The Hall–Kier alpha value is -1.81. The minimum Gasteiger partial charge on any atom is -0.496 e. The van der Waals surface area contributed by atoms with Crippen LogP contribution in [0.15, 0.2) is 23.2 Å². The highest BCUT2D eigenvalue weighted by Gasteiger charge is 2.35. The Morgan fingerprint density at radius 3 is 2.67 bits per heavy atom. The molecule has 15 heavy (non-hydrogen) atoms. The Bertz CT molecular complexity index is 414. The van der Waals surface area contributed by atoms with Crippen LogP contribution in [0.5, 0.6) is 5.75 Å². The number of halogens is 3. The molecule has 0 aliphatic carbocycles. The summed E-state index contributed by atoms with van der Waals surface area (Å²) >= 11 is 0. The maximum absolute atomic E-state index is 13.1. The predicted molar refractivity (Wildman–Crippen MR) is 45.0 cm³/mol. The van der Waals surface area contributed by atoms with E-state index < -0.39 is 17.4 Å². The van der Waals surface area contributed by atoms with Crippen molar-refractivity contribution in [3.63, 3.8) is 0 Å². The van der Waals surface area contributed by atoms with Crippen LogP contribution in [0.2, 0.25) is 0 Å². The number of benzene rings is 1. The summed E-state index contributed by atoms with van der Waals surface area (Å²) in [5, 5.41) is 0. The molecule has 1 rings (SSSR count). The number of carbonyl (C=O) groups excluding carboxylic acids is 1. The number of ether oxygens (including phenoxy) is 1. The monoisotopic (exact) mass is 217 g/mol. The van der Waals surface area contributed by atoms with Crippen molar-refractivity contribution in [2.45, 2.75) is 6.05 Å². The van der Waals surface area contributed by atoms with Gasteiger partial charge in [-0.15, -0.1) is 4.99 Å². The van der Waals surface area contributed by atoms with Crippen LogP contribution in [0.1, 0.15) is 5.56 Å². The fourth-order valence-corrected chi connectivity index (χ4v) is 1.03. The predicted octanol–water partition coefficient (Wildman–Crippen LogP) is 2.22. The van der Waals surface area contributed by atoms with Gasteiger partial charge >= 0.3 is 6.05 Å². The molecule has 0 atom stereocenters. The Labute approximate surface area is 83.2 Å². The second kappa shape index (κ2) is 4.14. The summed E-state index contributed by atoms with van der Waals surface area (Å²) < 4.78 is 43.5. The van der Waals surface area contributed by atoms with E-state index in [1.807, 2.05) is 0 Å². The van der Waals surface area contributed by atoms with Crippen LogP contribution in [0.3, 0.4) is 0 Å². The van der Waals surface area contributed by atoms with Gasteiger partial charge in [0.25, 0.3) is 0 Å². The molecule has 0 unspecified atom stereocenters. The fraction of sp³-hybridized carbons (Fsp3) is 0.222. The molecule has 0 aromatic heterocycles. The lowest BCUT2D eigenvalue weighted by molar-refractivity contribution is 0.00358. The molecule has 0 amide bonds. The normalized spacial score (nSPS) is 10.7. The highest BCUT2D eigenvalue weighted by Crippen LogP contribution is 2.36. The van der Waals surface area contributed by atoms with Gasteiger partial charge in [0, 0.05) is 0 Å². The van der Waals surface area contributed by atoms with Crippen molar-refractivity contribution in [1.29, 1.82) is 0 Å². The van der Waals surface area contributed by atoms with Crippen LogP contribution in [0.4, 0.5) is 13.2 Å². The summed E-state index contributed by atoms with van der Waals surface area (Å²) in [6.45, 7) is 0. The number of isocyanates is 1. The van der Waals surface area contributed by atoms with E-state index in [9.17, 15) is 18.0 Å². The van der Waals surface area contributed by atoms with Gasteiger partial charge in [0.1, 0.15) is 11.6 Å². The summed E-state index contributed by atoms with van der Waals surface area (Å²) in [4.78, 5) is 12.1. The van der Waals surface area contributed by atoms with Crippen molar-refractivity contribution in [2.75, 3.05) is 7.11 Å². The molecule has 0 bridgehead atoms. The van der Waals surface area contributed by atoms with Crippen LogP contribution in [-0.4, -0.2) is 13.2 Å². The van der Waals surface area contributed by atoms with Gasteiger partial charge in [-0.2, -0.15) is 8.78 Å². The Kier molecular flexibility index (Phi) is 3.11. The summed E-state index contributed by atoms with van der Waals surface area (Å²) in [5.41, 5.74) is -0.812. The Morgan fingerprint density at radius 1 is 1.47 bits per heavy atom. The molecule has 1 aromatic carbocycles. The lowest BCUT2D eigenvalue weighted by atomic mass is 10.1. The number of hydrogen-bond donors (Lipinski definition) is 0. The maximum Gasteiger partial charge on any atom is 0.382 e. The van der Waals surface area contributed by atoms with E-state index in [-0.39, 0.29) is 5.75 Å². The van der Waals surface area contributed by atoms with Gasteiger partial charge in [0.2, 0.25) is 6.08 Å². The third-order valence-corrected chi connectivity index (χ3v) is 1.67. The van der Waals surface area contributed by atoms with Crippen molar-refractivity contribution in [3.05, 3.63) is 29.6 Å². The minimum absolute atomic E-state index is 0.250. The van der Waals surface area contributed by atoms with Gasteiger partial charge in [0.15, 0.2) is 0 Å². The van der Waals surface area contributed by atoms with E-state index >= 15 is 0 Å². The van der Waals surface area contributed by atoms with Crippen molar-refractivity contribution < 1.29 is 22.7 Å². The largest absolute Gasteiger partial charge is 0.496 e. The molecule has 6 heteroatoms. The lowest BCUT2D eigenvalue weighted by Gasteiger charge is -2.13. The first-order valence-corrected chi connectivity index (χ1v) is 3.82. The highest BCUT2D eigenvalue weighted by molar-refractivity contribution is 5.41. The Morgan fingerprint density at radius 2 is 2.13 bits per heavy atom. The van der Waals surface area contributed by atoms with E-state index in [0.717, 1.165) is 25.3 Å². The highest BCUT2D eigenvalue weighted by atomic mass is 19.3. The van der Waals surface area contributed by atoms with Gasteiger partial charge in [-0.1, -0.05) is 0 Å². The second-order valence-corrected chi connectivity index (χ2v) is 2.59. The fourth-order valence-electron chi connectivity index (χ4n) is 1.03. The van der Waals surface area contributed by atoms with E-state index in [1.54, 1.807) is 0 Å². The third-order valence-electron chi connectivity index (χ3n) is 1.67. The van der Waals surface area contributed by atoms with Gasteiger partial charge in [0.05, 0.1) is 12.7 Å². The van der Waals surface area contributed by atoms with Crippen LogP contribution in [-0.2, 0) is 10.8 Å². The molecular formula is C9H6F3NO2.